The van der Waals surface area contributed by atoms with Crippen LogP contribution in [0.4, 0.5) is 17.3 Å². The number of benzene rings is 1. The molecule has 191 valence electrons. The summed E-state index contributed by atoms with van der Waals surface area (Å²) >= 11 is 6.18. The van der Waals surface area contributed by atoms with E-state index in [0.29, 0.717) is 41.5 Å². The molecular weight excluding hydrogens is 505 g/mol. The van der Waals surface area contributed by atoms with E-state index < -0.39 is 6.10 Å². The van der Waals surface area contributed by atoms with Gasteiger partial charge in [-0.3, -0.25) is 4.79 Å². The maximum Gasteiger partial charge on any atom is 0.329 e. The van der Waals surface area contributed by atoms with Crippen molar-refractivity contribution in [2.75, 3.05) is 29.8 Å². The van der Waals surface area contributed by atoms with Crippen molar-refractivity contribution < 1.29 is 14.7 Å². The SMILES string of the molecule is CC1(C)CN([B]C=O)c2c(C#N)cc(-c3ccnc(Nc4cc(Cl)cnc4C(=O)N4CCC(O)C4)n3)cc21. The molecule has 0 bridgehead atoms. The maximum absolute atomic E-state index is 13.1. The molecule has 1 unspecified atom stereocenters. The molecule has 0 aliphatic carbocycles. The van der Waals surface area contributed by atoms with Gasteiger partial charge in [-0.2, -0.15) is 5.26 Å². The molecule has 0 saturated carbocycles. The number of halogens is 1. The van der Waals surface area contributed by atoms with Gasteiger partial charge in [0.2, 0.25) is 5.95 Å². The number of carbonyl (C=O) groups excluding carboxylic acids is 2. The number of carbonyl (C=O) groups is 2. The Kier molecular flexibility index (Phi) is 6.77. The second kappa shape index (κ2) is 10.0. The van der Waals surface area contributed by atoms with Gasteiger partial charge in [0.25, 0.3) is 5.91 Å². The average Bonchev–Trinajstić information content (AvgIpc) is 3.44. The summed E-state index contributed by atoms with van der Waals surface area (Å²) in [5, 5.41) is 23.1. The highest BCUT2D eigenvalue weighted by molar-refractivity contribution is 6.70. The van der Waals surface area contributed by atoms with Crippen molar-refractivity contribution in [3.8, 4) is 17.3 Å². The molecule has 1 aromatic carbocycles. The molecule has 1 amide bonds. The number of pyridine rings is 1. The Morgan fingerprint density at radius 3 is 2.87 bits per heavy atom. The molecule has 4 heterocycles. The molecule has 1 radical (unpaired) electrons. The van der Waals surface area contributed by atoms with Crippen LogP contribution < -0.4 is 10.1 Å². The molecule has 0 spiro atoms. The van der Waals surface area contributed by atoms with E-state index in [0.717, 1.165) is 23.0 Å². The molecule has 1 saturated heterocycles. The second-order valence-corrected chi connectivity index (χ2v) is 10.4. The van der Waals surface area contributed by atoms with Crippen LogP contribution in [0.5, 0.6) is 0 Å². The first kappa shape index (κ1) is 25.6. The third-order valence-electron chi connectivity index (χ3n) is 6.76. The monoisotopic (exact) mass is 528 g/mol. The lowest BCUT2D eigenvalue weighted by Crippen LogP contribution is -2.32. The number of aliphatic hydroxyl groups is 1. The summed E-state index contributed by atoms with van der Waals surface area (Å²) in [5.41, 5.74) is 3.59. The van der Waals surface area contributed by atoms with Gasteiger partial charge in [0.15, 0.2) is 5.69 Å². The van der Waals surface area contributed by atoms with E-state index in [1.165, 1.54) is 13.6 Å². The number of rotatable bonds is 6. The fraction of sp³-hybridized carbons (Fsp3) is 0.308. The van der Waals surface area contributed by atoms with Gasteiger partial charge in [-0.1, -0.05) is 25.4 Å². The smallest absolute Gasteiger partial charge is 0.329 e. The van der Waals surface area contributed by atoms with Crippen LogP contribution in [-0.4, -0.2) is 70.2 Å². The topological polar surface area (TPSA) is 135 Å². The fourth-order valence-electron chi connectivity index (χ4n) is 4.96. The molecule has 1 atom stereocenters. The van der Waals surface area contributed by atoms with Crippen LogP contribution in [0.15, 0.2) is 36.7 Å². The minimum absolute atomic E-state index is 0.148. The van der Waals surface area contributed by atoms with Crippen molar-refractivity contribution >= 4 is 48.4 Å². The highest BCUT2D eigenvalue weighted by Crippen LogP contribution is 2.44. The third kappa shape index (κ3) is 4.80. The predicted octanol–water partition coefficient (Wildman–Crippen LogP) is 2.92. The summed E-state index contributed by atoms with van der Waals surface area (Å²) in [5.74, 6) is -0.107. The minimum Gasteiger partial charge on any atom is -0.410 e. The molecule has 10 nitrogen and oxygen atoms in total. The van der Waals surface area contributed by atoms with E-state index in [1.807, 2.05) is 10.9 Å². The van der Waals surface area contributed by atoms with Crippen molar-refractivity contribution in [3.63, 3.8) is 0 Å². The number of nitrogens with zero attached hydrogens (tertiary/aromatic N) is 6. The van der Waals surface area contributed by atoms with Gasteiger partial charge in [-0.25, -0.2) is 15.0 Å². The van der Waals surface area contributed by atoms with E-state index in [2.05, 4.69) is 40.2 Å². The zero-order valence-corrected chi connectivity index (χ0v) is 21.6. The standard InChI is InChI=1S/C26H24BClN7O3/c1-26(2)13-35(27-14-36)23-16(10-29)7-15(8-19(23)26)20-3-5-30-25(32-20)33-21-9-17(28)11-31-22(21)24(38)34-6-4-18(37)12-34/h3,5,7-9,11,14,18,37H,4,6,12-13H2,1-2H3,(H,30,32,33). The van der Waals surface area contributed by atoms with Crippen molar-refractivity contribution in [1.82, 2.24) is 19.9 Å². The zero-order valence-electron chi connectivity index (χ0n) is 20.8. The molecule has 2 aromatic heterocycles. The number of nitriles is 1. The lowest BCUT2D eigenvalue weighted by molar-refractivity contribution is 0.0760. The molecular formula is C26H24BClN7O3. The number of aliphatic hydroxyl groups excluding tert-OH is 1. The average molecular weight is 529 g/mol. The summed E-state index contributed by atoms with van der Waals surface area (Å²) in [6.45, 7) is 5.38. The lowest BCUT2D eigenvalue weighted by atomic mass is 9.84. The summed E-state index contributed by atoms with van der Waals surface area (Å²) in [6, 6.07) is 9.29. The largest absolute Gasteiger partial charge is 0.410 e. The lowest BCUT2D eigenvalue weighted by Gasteiger charge is -2.20. The van der Waals surface area contributed by atoms with Gasteiger partial charge in [-0.15, -0.1) is 0 Å². The van der Waals surface area contributed by atoms with Crippen LogP contribution in [0.2, 0.25) is 5.02 Å². The normalized spacial score (nSPS) is 17.6. The number of β-amino-alcohol motifs (C(OH)–C–C–N with tert-alkyl or cyclic N) is 1. The van der Waals surface area contributed by atoms with Crippen LogP contribution >= 0.6 is 11.6 Å². The number of amides is 1. The van der Waals surface area contributed by atoms with Crippen molar-refractivity contribution in [2.45, 2.75) is 31.8 Å². The zero-order chi connectivity index (χ0) is 27.0. The van der Waals surface area contributed by atoms with E-state index in [4.69, 9.17) is 11.6 Å². The van der Waals surface area contributed by atoms with Crippen molar-refractivity contribution in [2.24, 2.45) is 0 Å². The van der Waals surface area contributed by atoms with Crippen molar-refractivity contribution in [3.05, 3.63) is 58.5 Å². The van der Waals surface area contributed by atoms with Crippen LogP contribution in [0.1, 0.15) is 41.9 Å². The number of nitrogens with one attached hydrogen (secondary N) is 1. The van der Waals surface area contributed by atoms with Gasteiger partial charge in [0.05, 0.1) is 28.1 Å². The van der Waals surface area contributed by atoms with E-state index in [1.54, 1.807) is 29.3 Å². The van der Waals surface area contributed by atoms with Crippen molar-refractivity contribution in [1.29, 1.82) is 5.26 Å². The van der Waals surface area contributed by atoms with E-state index >= 15 is 0 Å². The molecule has 1 fully saturated rings. The molecule has 38 heavy (non-hydrogen) atoms. The quantitative estimate of drug-likeness (QED) is 0.365. The predicted molar refractivity (Wildman–Crippen MR) is 144 cm³/mol. The van der Waals surface area contributed by atoms with Crippen LogP contribution in [0, 0.1) is 11.3 Å². The Morgan fingerprint density at radius 2 is 2.16 bits per heavy atom. The van der Waals surface area contributed by atoms with E-state index in [-0.39, 0.29) is 29.5 Å². The molecule has 12 heteroatoms. The molecule has 5 rings (SSSR count). The Bertz CT molecular complexity index is 1480. The Hall–Kier alpha value is -4.01. The summed E-state index contributed by atoms with van der Waals surface area (Å²) in [6.07, 6.45) is 3.66. The highest BCUT2D eigenvalue weighted by Gasteiger charge is 2.37. The van der Waals surface area contributed by atoms with Gasteiger partial charge in [0, 0.05) is 48.7 Å². The number of aromatic nitrogens is 3. The number of likely N-dealkylation sites (tertiary alicyclic amines) is 1. The number of hydrogen-bond acceptors (Lipinski definition) is 9. The first-order valence-electron chi connectivity index (χ1n) is 12.1. The Balaban J connectivity index is 1.49. The van der Waals surface area contributed by atoms with Gasteiger partial charge >= 0.3 is 7.41 Å². The first-order valence-corrected chi connectivity index (χ1v) is 12.4. The fourth-order valence-corrected chi connectivity index (χ4v) is 5.12. The van der Waals surface area contributed by atoms with Crippen LogP contribution in [0.25, 0.3) is 11.3 Å². The summed E-state index contributed by atoms with van der Waals surface area (Å²) in [4.78, 5) is 40.8. The minimum atomic E-state index is -0.554. The summed E-state index contributed by atoms with van der Waals surface area (Å²) < 4.78 is 0. The van der Waals surface area contributed by atoms with Crippen LogP contribution in [0.3, 0.4) is 0 Å². The van der Waals surface area contributed by atoms with Crippen LogP contribution in [-0.2, 0) is 10.2 Å². The Labute approximate surface area is 225 Å². The molecule has 2 aliphatic heterocycles. The molecule has 2 N–H and O–H groups in total. The summed E-state index contributed by atoms with van der Waals surface area (Å²) in [7, 11) is 1.45. The number of fused-ring (bicyclic) bond motifs is 1. The van der Waals surface area contributed by atoms with Gasteiger partial charge in [0.1, 0.15) is 12.3 Å². The second-order valence-electron chi connectivity index (χ2n) is 9.96. The number of anilines is 3. The first-order chi connectivity index (χ1) is 18.2. The number of hydrogen-bond donors (Lipinski definition) is 2. The Morgan fingerprint density at radius 1 is 1.34 bits per heavy atom. The molecule has 2 aliphatic rings. The molecule has 3 aromatic rings. The highest BCUT2D eigenvalue weighted by atomic mass is 35.5. The van der Waals surface area contributed by atoms with Gasteiger partial charge in [-0.05, 0) is 36.2 Å². The van der Waals surface area contributed by atoms with Gasteiger partial charge < -0.3 is 24.9 Å². The maximum atomic E-state index is 13.1. The third-order valence-corrected chi connectivity index (χ3v) is 6.97. The van der Waals surface area contributed by atoms with E-state index in [9.17, 15) is 20.0 Å².